The fourth-order valence-corrected chi connectivity index (χ4v) is 1.80. The van der Waals surface area contributed by atoms with Gasteiger partial charge in [-0.2, -0.15) is 18.2 Å². The molecule has 1 aliphatic rings. The number of morpholine rings is 1. The molecule has 106 valence electrons. The molecule has 19 heavy (non-hydrogen) atoms. The van der Waals surface area contributed by atoms with E-state index in [1.807, 2.05) is 0 Å². The molecule has 1 aromatic rings. The second-order valence-electron chi connectivity index (χ2n) is 4.09. The molecule has 1 saturated heterocycles. The number of hydrogen-bond donors (Lipinski definition) is 2. The van der Waals surface area contributed by atoms with Crippen LogP contribution in [0.4, 0.5) is 24.9 Å². The molecule has 1 fully saturated rings. The molecule has 0 spiro atoms. The average molecular weight is 278 g/mol. The zero-order valence-corrected chi connectivity index (χ0v) is 9.89. The Labute approximate surface area is 107 Å². The van der Waals surface area contributed by atoms with Gasteiger partial charge >= 0.3 is 6.18 Å². The average Bonchev–Trinajstić information content (AvgIpc) is 2.37. The lowest BCUT2D eigenvalue weighted by atomic mass is 10.2. The van der Waals surface area contributed by atoms with Crippen LogP contribution >= 0.6 is 0 Å². The standard InChI is InChI=1S/C10H13F3N4O2/c11-10(12,13)7-3-8(16-9(14)15-7)17-1-2-19-6(4-17)5-18/h3,6,18H,1-2,4-5H2,(H2,14,15,16). The normalized spacial score (nSPS) is 20.6. The van der Waals surface area contributed by atoms with Crippen LogP contribution in [0.25, 0.3) is 0 Å². The van der Waals surface area contributed by atoms with Gasteiger partial charge in [-0.05, 0) is 0 Å². The van der Waals surface area contributed by atoms with Gasteiger partial charge in [0.1, 0.15) is 5.82 Å². The number of nitrogens with zero attached hydrogens (tertiary/aromatic N) is 3. The Morgan fingerprint density at radius 3 is 2.84 bits per heavy atom. The van der Waals surface area contributed by atoms with Crippen LogP contribution in [0.5, 0.6) is 0 Å². The zero-order chi connectivity index (χ0) is 14.0. The van der Waals surface area contributed by atoms with Crippen molar-refractivity contribution >= 4 is 11.8 Å². The Balaban J connectivity index is 2.26. The van der Waals surface area contributed by atoms with Crippen molar-refractivity contribution in [2.45, 2.75) is 12.3 Å². The maximum Gasteiger partial charge on any atom is 0.433 e. The molecular weight excluding hydrogens is 265 g/mol. The number of ether oxygens (including phenoxy) is 1. The van der Waals surface area contributed by atoms with E-state index < -0.39 is 23.9 Å². The molecule has 0 amide bonds. The molecule has 0 aromatic carbocycles. The molecule has 2 rings (SSSR count). The smallest absolute Gasteiger partial charge is 0.394 e. The van der Waals surface area contributed by atoms with Gasteiger partial charge in [-0.1, -0.05) is 0 Å². The largest absolute Gasteiger partial charge is 0.433 e. The first-order chi connectivity index (χ1) is 8.90. The molecule has 0 radical (unpaired) electrons. The molecule has 0 saturated carbocycles. The summed E-state index contributed by atoms with van der Waals surface area (Å²) in [4.78, 5) is 8.55. The number of nitrogens with two attached hydrogens (primary N) is 1. The maximum absolute atomic E-state index is 12.6. The van der Waals surface area contributed by atoms with Crippen LogP contribution in [0.15, 0.2) is 6.07 Å². The number of rotatable bonds is 2. The van der Waals surface area contributed by atoms with Crippen molar-refractivity contribution < 1.29 is 23.0 Å². The Hall–Kier alpha value is -1.61. The van der Waals surface area contributed by atoms with E-state index in [4.69, 9.17) is 15.6 Å². The van der Waals surface area contributed by atoms with Gasteiger partial charge in [0.15, 0.2) is 5.69 Å². The van der Waals surface area contributed by atoms with Crippen molar-refractivity contribution in [2.24, 2.45) is 0 Å². The van der Waals surface area contributed by atoms with E-state index in [1.54, 1.807) is 4.90 Å². The third-order valence-electron chi connectivity index (χ3n) is 2.69. The zero-order valence-electron chi connectivity index (χ0n) is 9.89. The summed E-state index contributed by atoms with van der Waals surface area (Å²) in [7, 11) is 0. The summed E-state index contributed by atoms with van der Waals surface area (Å²) in [5.41, 5.74) is 4.22. The van der Waals surface area contributed by atoms with Gasteiger partial charge < -0.3 is 20.5 Å². The molecule has 0 bridgehead atoms. The number of alkyl halides is 3. The quantitative estimate of drug-likeness (QED) is 0.808. The molecule has 2 heterocycles. The van der Waals surface area contributed by atoms with Gasteiger partial charge in [0.25, 0.3) is 0 Å². The molecule has 6 nitrogen and oxygen atoms in total. The number of anilines is 2. The Bertz CT molecular complexity index is 455. The van der Waals surface area contributed by atoms with Gasteiger partial charge in [0.2, 0.25) is 5.95 Å². The lowest BCUT2D eigenvalue weighted by molar-refractivity contribution is -0.141. The lowest BCUT2D eigenvalue weighted by Gasteiger charge is -2.33. The number of hydrogen-bond acceptors (Lipinski definition) is 6. The molecule has 0 aliphatic carbocycles. The molecule has 1 aromatic heterocycles. The second kappa shape index (κ2) is 5.17. The van der Waals surface area contributed by atoms with Gasteiger partial charge in [0.05, 0.1) is 19.3 Å². The minimum absolute atomic E-state index is 0.0848. The topological polar surface area (TPSA) is 84.5 Å². The first kappa shape index (κ1) is 13.8. The Morgan fingerprint density at radius 2 is 2.21 bits per heavy atom. The van der Waals surface area contributed by atoms with E-state index in [0.717, 1.165) is 6.07 Å². The van der Waals surface area contributed by atoms with Crippen LogP contribution in [-0.4, -0.2) is 47.5 Å². The van der Waals surface area contributed by atoms with Gasteiger partial charge in [-0.3, -0.25) is 0 Å². The van der Waals surface area contributed by atoms with Gasteiger partial charge in [-0.15, -0.1) is 0 Å². The third kappa shape index (κ3) is 3.24. The highest BCUT2D eigenvalue weighted by molar-refractivity contribution is 5.44. The van der Waals surface area contributed by atoms with E-state index in [0.29, 0.717) is 13.2 Å². The fourth-order valence-electron chi connectivity index (χ4n) is 1.80. The lowest BCUT2D eigenvalue weighted by Crippen LogP contribution is -2.44. The monoisotopic (exact) mass is 278 g/mol. The summed E-state index contributed by atoms with van der Waals surface area (Å²) < 4.78 is 43.1. The number of aliphatic hydroxyl groups is 1. The molecule has 1 unspecified atom stereocenters. The summed E-state index contributed by atoms with van der Waals surface area (Å²) in [5, 5.41) is 9.01. The van der Waals surface area contributed by atoms with E-state index in [1.165, 1.54) is 0 Å². The molecular formula is C10H13F3N4O2. The summed E-state index contributed by atoms with van der Waals surface area (Å²) in [6, 6.07) is 0.843. The van der Waals surface area contributed by atoms with Gasteiger partial charge in [-0.25, -0.2) is 4.98 Å². The SMILES string of the molecule is Nc1nc(N2CCOC(CO)C2)cc(C(F)(F)F)n1. The van der Waals surface area contributed by atoms with Crippen molar-refractivity contribution in [3.63, 3.8) is 0 Å². The minimum atomic E-state index is -4.57. The van der Waals surface area contributed by atoms with E-state index in [2.05, 4.69) is 9.97 Å². The number of aliphatic hydroxyl groups excluding tert-OH is 1. The predicted octanol–water partition coefficient (Wildman–Crippen LogP) is 0.275. The molecule has 1 aliphatic heterocycles. The van der Waals surface area contributed by atoms with Crippen molar-refractivity contribution in [3.05, 3.63) is 11.8 Å². The van der Waals surface area contributed by atoms with Crippen molar-refractivity contribution in [3.8, 4) is 0 Å². The van der Waals surface area contributed by atoms with Crippen LogP contribution in [0.2, 0.25) is 0 Å². The molecule has 1 atom stereocenters. The molecule has 3 N–H and O–H groups in total. The number of aromatic nitrogens is 2. The number of nitrogen functional groups attached to an aromatic ring is 1. The highest BCUT2D eigenvalue weighted by Crippen LogP contribution is 2.30. The van der Waals surface area contributed by atoms with E-state index in [-0.39, 0.29) is 19.0 Å². The summed E-state index contributed by atoms with van der Waals surface area (Å²) >= 11 is 0. The highest BCUT2D eigenvalue weighted by atomic mass is 19.4. The van der Waals surface area contributed by atoms with Gasteiger partial charge in [0, 0.05) is 19.2 Å². The van der Waals surface area contributed by atoms with Crippen LogP contribution in [0.3, 0.4) is 0 Å². The fraction of sp³-hybridized carbons (Fsp3) is 0.600. The Morgan fingerprint density at radius 1 is 1.47 bits per heavy atom. The van der Waals surface area contributed by atoms with Crippen LogP contribution in [-0.2, 0) is 10.9 Å². The maximum atomic E-state index is 12.6. The number of halogens is 3. The highest BCUT2D eigenvalue weighted by Gasteiger charge is 2.34. The predicted molar refractivity (Wildman–Crippen MR) is 60.5 cm³/mol. The summed E-state index contributed by atoms with van der Waals surface area (Å²) in [5.74, 6) is -0.349. The minimum Gasteiger partial charge on any atom is -0.394 e. The first-order valence-electron chi connectivity index (χ1n) is 5.59. The second-order valence-corrected chi connectivity index (χ2v) is 4.09. The third-order valence-corrected chi connectivity index (χ3v) is 2.69. The van der Waals surface area contributed by atoms with Crippen LogP contribution < -0.4 is 10.6 Å². The summed E-state index contributed by atoms with van der Waals surface area (Å²) in [6.07, 6.45) is -5.02. The molecule has 9 heteroatoms. The van der Waals surface area contributed by atoms with E-state index >= 15 is 0 Å². The van der Waals surface area contributed by atoms with Crippen LogP contribution in [0.1, 0.15) is 5.69 Å². The van der Waals surface area contributed by atoms with Crippen molar-refractivity contribution in [1.29, 1.82) is 0 Å². The van der Waals surface area contributed by atoms with E-state index in [9.17, 15) is 13.2 Å². The van der Waals surface area contributed by atoms with Crippen molar-refractivity contribution in [1.82, 2.24) is 9.97 Å². The first-order valence-corrected chi connectivity index (χ1v) is 5.59. The Kier molecular flexibility index (Phi) is 3.76. The van der Waals surface area contributed by atoms with Crippen molar-refractivity contribution in [2.75, 3.05) is 36.9 Å². The van der Waals surface area contributed by atoms with Crippen LogP contribution in [0, 0.1) is 0 Å². The summed E-state index contributed by atoms with van der Waals surface area (Å²) in [6.45, 7) is 0.730.